The average molecular weight is 287 g/mol. The number of carboxylic acid groups (broad SMARTS) is 1. The average Bonchev–Trinajstić information content (AvgIpc) is 2.52. The van der Waals surface area contributed by atoms with Gasteiger partial charge in [-0.2, -0.15) is 0 Å². The molecule has 0 fully saturated rings. The predicted octanol–water partition coefficient (Wildman–Crippen LogP) is 2.23. The van der Waals surface area contributed by atoms with Crippen molar-refractivity contribution in [2.75, 3.05) is 13.2 Å². The number of carboxylic acids is 1. The van der Waals surface area contributed by atoms with Crippen LogP contribution < -0.4 is 15.2 Å². The highest BCUT2D eigenvalue weighted by molar-refractivity contribution is 5.75. The fourth-order valence-corrected chi connectivity index (χ4v) is 1.75. The standard InChI is InChI=1S/C16H17NO4/c17-15(16(18)19)12-6-8-14(9-7-12)21-11-10-20-13-4-2-1-3-5-13/h1-9,15H,10-11,17H2,(H,18,19)/t15-/m0/s1. The summed E-state index contributed by atoms with van der Waals surface area (Å²) in [5.41, 5.74) is 6.05. The number of ether oxygens (including phenoxy) is 2. The molecule has 0 saturated heterocycles. The molecule has 0 unspecified atom stereocenters. The summed E-state index contributed by atoms with van der Waals surface area (Å²) < 4.78 is 11.0. The van der Waals surface area contributed by atoms with Crippen LogP contribution in [0.5, 0.6) is 11.5 Å². The zero-order valence-corrected chi connectivity index (χ0v) is 11.4. The highest BCUT2D eigenvalue weighted by Gasteiger charge is 2.13. The molecule has 3 N–H and O–H groups in total. The number of nitrogens with two attached hydrogens (primary N) is 1. The Balaban J connectivity index is 1.77. The van der Waals surface area contributed by atoms with Crippen molar-refractivity contribution in [1.29, 1.82) is 0 Å². The number of aliphatic carboxylic acids is 1. The fraction of sp³-hybridized carbons (Fsp3) is 0.188. The van der Waals surface area contributed by atoms with Crippen LogP contribution in [-0.2, 0) is 4.79 Å². The Morgan fingerprint density at radius 1 is 0.952 bits per heavy atom. The Kier molecular flexibility index (Phi) is 5.17. The van der Waals surface area contributed by atoms with Crippen molar-refractivity contribution in [2.45, 2.75) is 6.04 Å². The minimum Gasteiger partial charge on any atom is -0.490 e. The topological polar surface area (TPSA) is 81.8 Å². The lowest BCUT2D eigenvalue weighted by Crippen LogP contribution is -2.20. The predicted molar refractivity (Wildman–Crippen MR) is 78.4 cm³/mol. The van der Waals surface area contributed by atoms with Crippen molar-refractivity contribution in [1.82, 2.24) is 0 Å². The molecule has 21 heavy (non-hydrogen) atoms. The van der Waals surface area contributed by atoms with E-state index in [0.29, 0.717) is 24.5 Å². The molecule has 2 rings (SSSR count). The van der Waals surface area contributed by atoms with Gasteiger partial charge in [0, 0.05) is 0 Å². The minimum absolute atomic E-state index is 0.402. The molecule has 0 heterocycles. The third kappa shape index (κ3) is 4.50. The van der Waals surface area contributed by atoms with E-state index in [2.05, 4.69) is 0 Å². The molecule has 5 nitrogen and oxygen atoms in total. The molecule has 0 aliphatic carbocycles. The first-order valence-corrected chi connectivity index (χ1v) is 6.56. The number of rotatable bonds is 7. The molecule has 0 radical (unpaired) electrons. The van der Waals surface area contributed by atoms with Gasteiger partial charge >= 0.3 is 5.97 Å². The lowest BCUT2D eigenvalue weighted by Gasteiger charge is -2.10. The van der Waals surface area contributed by atoms with Crippen LogP contribution >= 0.6 is 0 Å². The number of para-hydroxylation sites is 1. The maximum absolute atomic E-state index is 10.8. The first-order chi connectivity index (χ1) is 10.2. The van der Waals surface area contributed by atoms with E-state index in [9.17, 15) is 4.79 Å². The van der Waals surface area contributed by atoms with Gasteiger partial charge in [0.25, 0.3) is 0 Å². The molecule has 1 atom stereocenters. The van der Waals surface area contributed by atoms with Crippen LogP contribution in [0.2, 0.25) is 0 Å². The Morgan fingerprint density at radius 3 is 2.00 bits per heavy atom. The monoisotopic (exact) mass is 287 g/mol. The minimum atomic E-state index is -1.06. The third-order valence-electron chi connectivity index (χ3n) is 2.87. The molecule has 0 saturated carbocycles. The van der Waals surface area contributed by atoms with E-state index in [1.165, 1.54) is 0 Å². The SMILES string of the molecule is N[C@H](C(=O)O)c1ccc(OCCOc2ccccc2)cc1. The summed E-state index contributed by atoms with van der Waals surface area (Å²) in [6.07, 6.45) is 0. The molecule has 0 aliphatic heterocycles. The van der Waals surface area contributed by atoms with Gasteiger partial charge in [-0.05, 0) is 29.8 Å². The van der Waals surface area contributed by atoms with Gasteiger partial charge in [-0.25, -0.2) is 0 Å². The second-order valence-electron chi connectivity index (χ2n) is 4.39. The molecule has 5 heteroatoms. The largest absolute Gasteiger partial charge is 0.490 e. The maximum Gasteiger partial charge on any atom is 0.325 e. The molecule has 0 amide bonds. The molecule has 0 aliphatic rings. The van der Waals surface area contributed by atoms with Gasteiger partial charge in [0.2, 0.25) is 0 Å². The van der Waals surface area contributed by atoms with Gasteiger partial charge in [0.15, 0.2) is 0 Å². The van der Waals surface area contributed by atoms with Crippen LogP contribution in [0.25, 0.3) is 0 Å². The zero-order chi connectivity index (χ0) is 15.1. The summed E-state index contributed by atoms with van der Waals surface area (Å²) in [6.45, 7) is 0.833. The van der Waals surface area contributed by atoms with Crippen LogP contribution in [0.3, 0.4) is 0 Å². The molecular formula is C16H17NO4. The Bertz CT molecular complexity index is 569. The Hall–Kier alpha value is -2.53. The van der Waals surface area contributed by atoms with E-state index in [1.807, 2.05) is 30.3 Å². The number of hydrogen-bond acceptors (Lipinski definition) is 4. The van der Waals surface area contributed by atoms with Gasteiger partial charge in [-0.15, -0.1) is 0 Å². The molecule has 0 aromatic heterocycles. The van der Waals surface area contributed by atoms with Gasteiger partial charge in [-0.1, -0.05) is 30.3 Å². The summed E-state index contributed by atoms with van der Waals surface area (Å²) in [4.78, 5) is 10.8. The van der Waals surface area contributed by atoms with Crippen LogP contribution in [0.1, 0.15) is 11.6 Å². The van der Waals surface area contributed by atoms with Gasteiger partial charge in [0.05, 0.1) is 0 Å². The van der Waals surface area contributed by atoms with Crippen LogP contribution in [0.15, 0.2) is 54.6 Å². The summed E-state index contributed by atoms with van der Waals surface area (Å²) in [6, 6.07) is 15.2. The van der Waals surface area contributed by atoms with Gasteiger partial charge in [-0.3, -0.25) is 4.79 Å². The van der Waals surface area contributed by atoms with Crippen molar-refractivity contribution >= 4 is 5.97 Å². The van der Waals surface area contributed by atoms with E-state index in [4.69, 9.17) is 20.3 Å². The zero-order valence-electron chi connectivity index (χ0n) is 11.4. The lowest BCUT2D eigenvalue weighted by atomic mass is 10.1. The number of hydrogen-bond donors (Lipinski definition) is 2. The highest BCUT2D eigenvalue weighted by Crippen LogP contribution is 2.16. The first-order valence-electron chi connectivity index (χ1n) is 6.56. The molecule has 110 valence electrons. The summed E-state index contributed by atoms with van der Waals surface area (Å²) in [7, 11) is 0. The second kappa shape index (κ2) is 7.31. The van der Waals surface area contributed by atoms with E-state index < -0.39 is 12.0 Å². The summed E-state index contributed by atoms with van der Waals surface area (Å²) >= 11 is 0. The fourth-order valence-electron chi connectivity index (χ4n) is 1.75. The van der Waals surface area contributed by atoms with E-state index in [0.717, 1.165) is 5.75 Å². The van der Waals surface area contributed by atoms with Crippen molar-refractivity contribution in [2.24, 2.45) is 5.73 Å². The van der Waals surface area contributed by atoms with Crippen molar-refractivity contribution < 1.29 is 19.4 Å². The van der Waals surface area contributed by atoms with Gasteiger partial charge < -0.3 is 20.3 Å². The molecule has 2 aromatic carbocycles. The maximum atomic E-state index is 10.8. The molecule has 0 bridgehead atoms. The van der Waals surface area contributed by atoms with Gasteiger partial charge in [0.1, 0.15) is 30.8 Å². The molecule has 2 aromatic rings. The Morgan fingerprint density at radius 2 is 1.48 bits per heavy atom. The Labute approximate surface area is 122 Å². The van der Waals surface area contributed by atoms with Crippen molar-refractivity contribution in [3.05, 3.63) is 60.2 Å². The smallest absolute Gasteiger partial charge is 0.325 e. The number of benzene rings is 2. The number of carbonyl (C=O) groups is 1. The van der Waals surface area contributed by atoms with Crippen LogP contribution in [-0.4, -0.2) is 24.3 Å². The van der Waals surface area contributed by atoms with Crippen molar-refractivity contribution in [3.8, 4) is 11.5 Å². The summed E-state index contributed by atoms with van der Waals surface area (Å²) in [5.74, 6) is 0.386. The van der Waals surface area contributed by atoms with Crippen LogP contribution in [0, 0.1) is 0 Å². The van der Waals surface area contributed by atoms with E-state index in [-0.39, 0.29) is 0 Å². The third-order valence-corrected chi connectivity index (χ3v) is 2.87. The van der Waals surface area contributed by atoms with E-state index >= 15 is 0 Å². The highest BCUT2D eigenvalue weighted by atomic mass is 16.5. The van der Waals surface area contributed by atoms with E-state index in [1.54, 1.807) is 24.3 Å². The summed E-state index contributed by atoms with van der Waals surface area (Å²) in [5, 5.41) is 8.81. The van der Waals surface area contributed by atoms with Crippen molar-refractivity contribution in [3.63, 3.8) is 0 Å². The molecule has 0 spiro atoms. The van der Waals surface area contributed by atoms with Crippen LogP contribution in [0.4, 0.5) is 0 Å². The first kappa shape index (κ1) is 14.9. The lowest BCUT2D eigenvalue weighted by molar-refractivity contribution is -0.138. The quantitative estimate of drug-likeness (QED) is 0.763. The normalized spacial score (nSPS) is 11.7. The molecular weight excluding hydrogens is 270 g/mol. The second-order valence-corrected chi connectivity index (χ2v) is 4.39.